The van der Waals surface area contributed by atoms with Crippen LogP contribution < -0.4 is 9.64 Å². The van der Waals surface area contributed by atoms with Gasteiger partial charge in [-0.15, -0.1) is 0 Å². The van der Waals surface area contributed by atoms with E-state index in [2.05, 4.69) is 20.9 Å². The number of pyridine rings is 1. The first-order chi connectivity index (χ1) is 11.5. The summed E-state index contributed by atoms with van der Waals surface area (Å²) in [7, 11) is 3.39. The first-order valence-corrected chi connectivity index (χ1v) is 8.28. The molecule has 3 rings (SSSR count). The summed E-state index contributed by atoms with van der Waals surface area (Å²) >= 11 is 3.44. The van der Waals surface area contributed by atoms with Gasteiger partial charge in [-0.1, -0.05) is 22.0 Å². The quantitative estimate of drug-likeness (QED) is 0.662. The van der Waals surface area contributed by atoms with E-state index in [9.17, 15) is 4.79 Å². The van der Waals surface area contributed by atoms with Crippen LogP contribution in [0.4, 0.5) is 5.69 Å². The molecule has 5 heteroatoms. The molecule has 0 atom stereocenters. The molecule has 2 aromatic carbocycles. The molecule has 0 aliphatic carbocycles. The number of methoxy groups -OCH3 is 1. The van der Waals surface area contributed by atoms with Crippen LogP contribution in [0, 0.1) is 6.92 Å². The van der Waals surface area contributed by atoms with Crippen molar-refractivity contribution in [2.24, 2.45) is 0 Å². The van der Waals surface area contributed by atoms with Crippen LogP contribution >= 0.6 is 15.9 Å². The van der Waals surface area contributed by atoms with E-state index >= 15 is 0 Å². The lowest BCUT2D eigenvalue weighted by atomic mass is 10.1. The Balaban J connectivity index is 1.95. The molecule has 0 saturated carbocycles. The van der Waals surface area contributed by atoms with Gasteiger partial charge in [0, 0.05) is 22.6 Å². The van der Waals surface area contributed by atoms with Gasteiger partial charge in [0.1, 0.15) is 11.4 Å². The third-order valence-electron chi connectivity index (χ3n) is 3.94. The topological polar surface area (TPSA) is 42.4 Å². The monoisotopic (exact) mass is 384 g/mol. The number of anilines is 1. The van der Waals surface area contributed by atoms with Gasteiger partial charge in [-0.05, 0) is 55.0 Å². The molecule has 0 saturated heterocycles. The normalized spacial score (nSPS) is 10.7. The zero-order valence-electron chi connectivity index (χ0n) is 13.7. The molecule has 0 radical (unpaired) electrons. The molecule has 0 unspecified atom stereocenters. The van der Waals surface area contributed by atoms with E-state index in [1.54, 1.807) is 25.1 Å². The standard InChI is InChI=1S/C19H17BrN2O2/c1-12-10-14(20)5-9-18(12)22(2)19(23)17-7-4-13-11-15(24-3)6-8-16(13)21-17/h4-11H,1-3H3. The van der Waals surface area contributed by atoms with Crippen LogP contribution in [0.25, 0.3) is 10.9 Å². The third kappa shape index (κ3) is 3.12. The van der Waals surface area contributed by atoms with Crippen LogP contribution in [0.15, 0.2) is 53.0 Å². The predicted octanol–water partition coefficient (Wildman–Crippen LogP) is 4.59. The van der Waals surface area contributed by atoms with E-state index in [4.69, 9.17) is 4.74 Å². The maximum absolute atomic E-state index is 12.8. The summed E-state index contributed by atoms with van der Waals surface area (Å²) in [6, 6.07) is 15.1. The van der Waals surface area contributed by atoms with Crippen molar-refractivity contribution in [2.75, 3.05) is 19.1 Å². The van der Waals surface area contributed by atoms with E-state index < -0.39 is 0 Å². The molecule has 0 spiro atoms. The Morgan fingerprint density at radius 3 is 2.62 bits per heavy atom. The Kier molecular flexibility index (Phi) is 4.53. The Labute approximate surface area is 149 Å². The fraction of sp³-hybridized carbons (Fsp3) is 0.158. The Morgan fingerprint density at radius 2 is 1.92 bits per heavy atom. The number of amides is 1. The molecule has 1 aromatic heterocycles. The van der Waals surface area contributed by atoms with Gasteiger partial charge in [0.15, 0.2) is 0 Å². The molecule has 122 valence electrons. The highest BCUT2D eigenvalue weighted by Crippen LogP contribution is 2.25. The number of ether oxygens (including phenoxy) is 1. The summed E-state index contributed by atoms with van der Waals surface area (Å²) in [4.78, 5) is 18.9. The van der Waals surface area contributed by atoms with Gasteiger partial charge in [0.05, 0.1) is 12.6 Å². The van der Waals surface area contributed by atoms with Gasteiger partial charge in [-0.2, -0.15) is 0 Å². The van der Waals surface area contributed by atoms with Gasteiger partial charge in [-0.25, -0.2) is 4.98 Å². The van der Waals surface area contributed by atoms with Crippen LogP contribution in [0.3, 0.4) is 0 Å². The summed E-state index contributed by atoms with van der Waals surface area (Å²) < 4.78 is 6.20. The minimum atomic E-state index is -0.141. The molecule has 0 aliphatic rings. The second-order valence-corrected chi connectivity index (χ2v) is 6.47. The summed E-state index contributed by atoms with van der Waals surface area (Å²) in [6.07, 6.45) is 0. The van der Waals surface area contributed by atoms with Gasteiger partial charge < -0.3 is 9.64 Å². The van der Waals surface area contributed by atoms with E-state index in [0.29, 0.717) is 5.69 Å². The Hall–Kier alpha value is -2.40. The van der Waals surface area contributed by atoms with E-state index in [1.807, 2.05) is 49.4 Å². The van der Waals surface area contributed by atoms with Crippen LogP contribution in [0.2, 0.25) is 0 Å². The zero-order chi connectivity index (χ0) is 17.3. The molecule has 1 heterocycles. The minimum Gasteiger partial charge on any atom is -0.497 e. The number of hydrogen-bond acceptors (Lipinski definition) is 3. The highest BCUT2D eigenvalue weighted by Gasteiger charge is 2.17. The largest absolute Gasteiger partial charge is 0.497 e. The van der Waals surface area contributed by atoms with Crippen molar-refractivity contribution < 1.29 is 9.53 Å². The smallest absolute Gasteiger partial charge is 0.276 e. The summed E-state index contributed by atoms with van der Waals surface area (Å²) in [6.45, 7) is 1.98. The molecule has 24 heavy (non-hydrogen) atoms. The molecular formula is C19H17BrN2O2. The fourth-order valence-electron chi connectivity index (χ4n) is 2.63. The number of benzene rings is 2. The number of carbonyl (C=O) groups is 1. The van der Waals surface area contributed by atoms with Crippen LogP contribution in [0.1, 0.15) is 16.1 Å². The van der Waals surface area contributed by atoms with Crippen LogP contribution in [0.5, 0.6) is 5.75 Å². The number of aryl methyl sites for hydroxylation is 1. The second kappa shape index (κ2) is 6.61. The summed E-state index contributed by atoms with van der Waals surface area (Å²) in [5.41, 5.74) is 3.06. The average Bonchev–Trinajstić information content (AvgIpc) is 2.59. The highest BCUT2D eigenvalue weighted by molar-refractivity contribution is 9.10. The number of hydrogen-bond donors (Lipinski definition) is 0. The molecule has 0 bridgehead atoms. The molecule has 3 aromatic rings. The number of nitrogens with zero attached hydrogens (tertiary/aromatic N) is 2. The van der Waals surface area contributed by atoms with Crippen molar-refractivity contribution in [3.05, 3.63) is 64.3 Å². The molecule has 4 nitrogen and oxygen atoms in total. The zero-order valence-corrected chi connectivity index (χ0v) is 15.3. The number of aromatic nitrogens is 1. The third-order valence-corrected chi connectivity index (χ3v) is 4.43. The Morgan fingerprint density at radius 1 is 1.12 bits per heavy atom. The second-order valence-electron chi connectivity index (χ2n) is 5.55. The van der Waals surface area contributed by atoms with Crippen molar-refractivity contribution in [2.45, 2.75) is 6.92 Å². The lowest BCUT2D eigenvalue weighted by molar-refractivity contribution is 0.0988. The van der Waals surface area contributed by atoms with Crippen molar-refractivity contribution in [1.82, 2.24) is 4.98 Å². The van der Waals surface area contributed by atoms with Crippen molar-refractivity contribution in [3.8, 4) is 5.75 Å². The average molecular weight is 385 g/mol. The van der Waals surface area contributed by atoms with Gasteiger partial charge in [-0.3, -0.25) is 4.79 Å². The number of carbonyl (C=O) groups excluding carboxylic acids is 1. The number of rotatable bonds is 3. The van der Waals surface area contributed by atoms with Crippen LogP contribution in [-0.4, -0.2) is 25.0 Å². The SMILES string of the molecule is COc1ccc2nc(C(=O)N(C)c3ccc(Br)cc3C)ccc2c1. The summed E-state index contributed by atoms with van der Waals surface area (Å²) in [5, 5.41) is 0.938. The molecule has 0 fully saturated rings. The maximum Gasteiger partial charge on any atom is 0.276 e. The van der Waals surface area contributed by atoms with Crippen molar-refractivity contribution in [3.63, 3.8) is 0 Å². The molecule has 1 amide bonds. The minimum absolute atomic E-state index is 0.141. The number of halogens is 1. The van der Waals surface area contributed by atoms with Gasteiger partial charge in [0.2, 0.25) is 0 Å². The predicted molar refractivity (Wildman–Crippen MR) is 99.9 cm³/mol. The van der Waals surface area contributed by atoms with E-state index in [1.165, 1.54) is 0 Å². The van der Waals surface area contributed by atoms with Crippen LogP contribution in [-0.2, 0) is 0 Å². The van der Waals surface area contributed by atoms with Crippen molar-refractivity contribution in [1.29, 1.82) is 0 Å². The lowest BCUT2D eigenvalue weighted by Crippen LogP contribution is -2.27. The maximum atomic E-state index is 12.8. The van der Waals surface area contributed by atoms with Crippen molar-refractivity contribution >= 4 is 38.4 Å². The van der Waals surface area contributed by atoms with Gasteiger partial charge >= 0.3 is 0 Å². The van der Waals surface area contributed by atoms with Gasteiger partial charge in [0.25, 0.3) is 5.91 Å². The fourth-order valence-corrected chi connectivity index (χ4v) is 3.10. The van der Waals surface area contributed by atoms with E-state index in [-0.39, 0.29) is 5.91 Å². The molecule has 0 aliphatic heterocycles. The molecular weight excluding hydrogens is 368 g/mol. The highest BCUT2D eigenvalue weighted by atomic mass is 79.9. The summed E-state index contributed by atoms with van der Waals surface area (Å²) in [5.74, 6) is 0.629. The number of fused-ring (bicyclic) bond motifs is 1. The Bertz CT molecular complexity index is 924. The van der Waals surface area contributed by atoms with E-state index in [0.717, 1.165) is 32.4 Å². The first kappa shape index (κ1) is 16.5. The molecule has 0 N–H and O–H groups in total. The lowest BCUT2D eigenvalue weighted by Gasteiger charge is -2.19. The first-order valence-electron chi connectivity index (χ1n) is 7.48.